The van der Waals surface area contributed by atoms with Gasteiger partial charge in [0.2, 0.25) is 0 Å². The Hall–Kier alpha value is -3.00. The minimum atomic E-state index is -0.0379. The van der Waals surface area contributed by atoms with Gasteiger partial charge in [0.15, 0.2) is 6.61 Å². The van der Waals surface area contributed by atoms with E-state index >= 15 is 0 Å². The molecule has 0 N–H and O–H groups in total. The fraction of sp³-hybridized carbons (Fsp3) is 0.417. The second-order valence-corrected chi connectivity index (χ2v) is 8.41. The maximum absolute atomic E-state index is 12.8. The Balaban J connectivity index is 1.58. The molecule has 0 aliphatic carbocycles. The van der Waals surface area contributed by atoms with Gasteiger partial charge in [-0.1, -0.05) is 39.0 Å². The minimum Gasteiger partial charge on any atom is -0.483 e. The standard InChI is InChI=1S/C24H29N3O2/c1-24(2,3)21-7-4-5-8-22(21)29-18-23(28)27-14-6-13-26(15-16-27)20-11-9-19(17-25)10-12-20/h4-5,7-12H,6,13-16,18H2,1-3H3. The van der Waals surface area contributed by atoms with Crippen molar-refractivity contribution in [1.82, 2.24) is 4.90 Å². The lowest BCUT2D eigenvalue weighted by Gasteiger charge is -2.25. The zero-order valence-corrected chi connectivity index (χ0v) is 17.5. The summed E-state index contributed by atoms with van der Waals surface area (Å²) in [6.07, 6.45) is 0.907. The Morgan fingerprint density at radius 3 is 2.45 bits per heavy atom. The fourth-order valence-electron chi connectivity index (χ4n) is 3.61. The molecule has 2 aromatic rings. The van der Waals surface area contributed by atoms with E-state index < -0.39 is 0 Å². The van der Waals surface area contributed by atoms with Crippen molar-refractivity contribution in [1.29, 1.82) is 5.26 Å². The van der Waals surface area contributed by atoms with Crippen LogP contribution in [0.2, 0.25) is 0 Å². The highest BCUT2D eigenvalue weighted by Gasteiger charge is 2.22. The van der Waals surface area contributed by atoms with Crippen LogP contribution in [-0.2, 0) is 10.2 Å². The molecular weight excluding hydrogens is 362 g/mol. The summed E-state index contributed by atoms with van der Waals surface area (Å²) in [4.78, 5) is 16.9. The van der Waals surface area contributed by atoms with Crippen LogP contribution in [0.15, 0.2) is 48.5 Å². The molecule has 1 amide bonds. The Bertz CT molecular complexity index is 878. The van der Waals surface area contributed by atoms with Gasteiger partial charge >= 0.3 is 0 Å². The fourth-order valence-corrected chi connectivity index (χ4v) is 3.61. The number of benzene rings is 2. The summed E-state index contributed by atoms with van der Waals surface area (Å²) in [7, 11) is 0. The second-order valence-electron chi connectivity index (χ2n) is 8.41. The van der Waals surface area contributed by atoms with Crippen LogP contribution in [-0.4, -0.2) is 43.6 Å². The number of nitriles is 1. The molecule has 3 rings (SSSR count). The number of para-hydroxylation sites is 1. The lowest BCUT2D eigenvalue weighted by Crippen LogP contribution is -2.38. The van der Waals surface area contributed by atoms with Crippen molar-refractivity contribution in [2.75, 3.05) is 37.7 Å². The van der Waals surface area contributed by atoms with Crippen molar-refractivity contribution >= 4 is 11.6 Å². The molecule has 152 valence electrons. The third-order valence-corrected chi connectivity index (χ3v) is 5.26. The van der Waals surface area contributed by atoms with Crippen molar-refractivity contribution in [2.24, 2.45) is 0 Å². The average molecular weight is 392 g/mol. The van der Waals surface area contributed by atoms with E-state index in [1.165, 1.54) is 0 Å². The molecule has 0 bridgehead atoms. The minimum absolute atomic E-state index is 0.0235. The number of anilines is 1. The summed E-state index contributed by atoms with van der Waals surface area (Å²) in [5.74, 6) is 0.803. The zero-order chi connectivity index (χ0) is 20.9. The largest absolute Gasteiger partial charge is 0.483 e. The van der Waals surface area contributed by atoms with Crippen LogP contribution in [0.5, 0.6) is 5.75 Å². The predicted molar refractivity (Wildman–Crippen MR) is 115 cm³/mol. The highest BCUT2D eigenvalue weighted by atomic mass is 16.5. The summed E-state index contributed by atoms with van der Waals surface area (Å²) in [6, 6.07) is 17.7. The van der Waals surface area contributed by atoms with Crippen LogP contribution in [0.25, 0.3) is 0 Å². The summed E-state index contributed by atoms with van der Waals surface area (Å²) >= 11 is 0. The first kappa shape index (κ1) is 20.7. The topological polar surface area (TPSA) is 56.6 Å². The average Bonchev–Trinajstić information content (AvgIpc) is 2.98. The van der Waals surface area contributed by atoms with E-state index in [4.69, 9.17) is 10.00 Å². The molecule has 1 aliphatic rings. The molecule has 1 saturated heterocycles. The van der Waals surface area contributed by atoms with E-state index in [9.17, 15) is 4.79 Å². The number of ether oxygens (including phenoxy) is 1. The third-order valence-electron chi connectivity index (χ3n) is 5.26. The highest BCUT2D eigenvalue weighted by Crippen LogP contribution is 2.31. The monoisotopic (exact) mass is 391 g/mol. The van der Waals surface area contributed by atoms with Crippen molar-refractivity contribution in [3.05, 3.63) is 59.7 Å². The van der Waals surface area contributed by atoms with Crippen molar-refractivity contribution < 1.29 is 9.53 Å². The number of hydrogen-bond acceptors (Lipinski definition) is 4. The summed E-state index contributed by atoms with van der Waals surface area (Å²) < 4.78 is 5.92. The maximum atomic E-state index is 12.8. The third kappa shape index (κ3) is 5.29. The number of amides is 1. The highest BCUT2D eigenvalue weighted by molar-refractivity contribution is 5.78. The molecule has 1 heterocycles. The molecule has 2 aromatic carbocycles. The normalized spacial score (nSPS) is 14.8. The molecule has 0 radical (unpaired) electrons. The van der Waals surface area contributed by atoms with Gasteiger partial charge in [0, 0.05) is 31.9 Å². The Morgan fingerprint density at radius 2 is 1.76 bits per heavy atom. The van der Waals surface area contributed by atoms with Crippen molar-refractivity contribution in [3.63, 3.8) is 0 Å². The van der Waals surface area contributed by atoms with E-state index in [1.54, 1.807) is 0 Å². The van der Waals surface area contributed by atoms with Crippen LogP contribution >= 0.6 is 0 Å². The molecule has 29 heavy (non-hydrogen) atoms. The molecule has 0 saturated carbocycles. The smallest absolute Gasteiger partial charge is 0.260 e. The van der Waals surface area contributed by atoms with Gasteiger partial charge in [0.1, 0.15) is 5.75 Å². The first-order valence-electron chi connectivity index (χ1n) is 10.1. The zero-order valence-electron chi connectivity index (χ0n) is 17.5. The number of nitrogens with zero attached hydrogens (tertiary/aromatic N) is 3. The molecule has 1 fully saturated rings. The molecule has 1 aliphatic heterocycles. The SMILES string of the molecule is CC(C)(C)c1ccccc1OCC(=O)N1CCCN(c2ccc(C#N)cc2)CC1. The summed E-state index contributed by atoms with van der Waals surface area (Å²) in [6.45, 7) is 9.55. The lowest BCUT2D eigenvalue weighted by atomic mass is 9.86. The molecule has 0 atom stereocenters. The Morgan fingerprint density at radius 1 is 1.03 bits per heavy atom. The lowest BCUT2D eigenvalue weighted by molar-refractivity contribution is -0.133. The molecule has 5 nitrogen and oxygen atoms in total. The molecule has 0 aromatic heterocycles. The number of rotatable bonds is 4. The first-order chi connectivity index (χ1) is 13.9. The molecular formula is C24H29N3O2. The van der Waals surface area contributed by atoms with Crippen LogP contribution in [0.3, 0.4) is 0 Å². The Kier molecular flexibility index (Phi) is 6.43. The first-order valence-corrected chi connectivity index (χ1v) is 10.1. The molecule has 5 heteroatoms. The molecule has 0 spiro atoms. The maximum Gasteiger partial charge on any atom is 0.260 e. The number of carbonyl (C=O) groups excluding carboxylic acids is 1. The van der Waals surface area contributed by atoms with Crippen molar-refractivity contribution in [3.8, 4) is 11.8 Å². The van der Waals surface area contributed by atoms with E-state index in [1.807, 2.05) is 47.4 Å². The molecule has 0 unspecified atom stereocenters. The van der Waals surface area contributed by atoms with Crippen LogP contribution in [0.1, 0.15) is 38.3 Å². The van der Waals surface area contributed by atoms with Gasteiger partial charge in [-0.05, 0) is 47.7 Å². The summed E-state index contributed by atoms with van der Waals surface area (Å²) in [5, 5.41) is 8.95. The van der Waals surface area contributed by atoms with Crippen LogP contribution in [0, 0.1) is 11.3 Å². The quantitative estimate of drug-likeness (QED) is 0.791. The van der Waals surface area contributed by atoms with Crippen LogP contribution < -0.4 is 9.64 Å². The van der Waals surface area contributed by atoms with Crippen LogP contribution in [0.4, 0.5) is 5.69 Å². The van der Waals surface area contributed by atoms with Gasteiger partial charge in [-0.3, -0.25) is 4.79 Å². The van der Waals surface area contributed by atoms with E-state index in [0.29, 0.717) is 12.1 Å². The van der Waals surface area contributed by atoms with Gasteiger partial charge in [-0.2, -0.15) is 5.26 Å². The number of carbonyl (C=O) groups is 1. The Labute approximate surface area is 173 Å². The van der Waals surface area contributed by atoms with Gasteiger partial charge in [-0.15, -0.1) is 0 Å². The van der Waals surface area contributed by atoms with E-state index in [2.05, 4.69) is 37.8 Å². The second kappa shape index (κ2) is 9.00. The van der Waals surface area contributed by atoms with E-state index in [-0.39, 0.29) is 17.9 Å². The summed E-state index contributed by atoms with van der Waals surface area (Å²) in [5.41, 5.74) is 2.82. The van der Waals surface area contributed by atoms with Crippen molar-refractivity contribution in [2.45, 2.75) is 32.6 Å². The van der Waals surface area contributed by atoms with Gasteiger partial charge in [-0.25, -0.2) is 0 Å². The number of hydrogen-bond donors (Lipinski definition) is 0. The van der Waals surface area contributed by atoms with Gasteiger partial charge < -0.3 is 14.5 Å². The predicted octanol–water partition coefficient (Wildman–Crippen LogP) is 3.97. The van der Waals surface area contributed by atoms with Gasteiger partial charge in [0.05, 0.1) is 11.6 Å². The van der Waals surface area contributed by atoms with Gasteiger partial charge in [0.25, 0.3) is 5.91 Å². The van der Waals surface area contributed by atoms with E-state index in [0.717, 1.165) is 43.1 Å².